The van der Waals surface area contributed by atoms with Crippen molar-refractivity contribution in [1.29, 1.82) is 0 Å². The predicted octanol–water partition coefficient (Wildman–Crippen LogP) is 4.69. The van der Waals surface area contributed by atoms with Gasteiger partial charge in [0, 0.05) is 28.2 Å². The molecule has 7 heteroatoms. The lowest BCUT2D eigenvalue weighted by atomic mass is 10.1. The van der Waals surface area contributed by atoms with Crippen LogP contribution in [-0.4, -0.2) is 16.8 Å². The summed E-state index contributed by atoms with van der Waals surface area (Å²) in [6.45, 7) is 1.83. The highest BCUT2D eigenvalue weighted by molar-refractivity contribution is 6.30. The Morgan fingerprint density at radius 1 is 0.963 bits per heavy atom. The number of rotatable bonds is 4. The van der Waals surface area contributed by atoms with Gasteiger partial charge in [-0.2, -0.15) is 0 Å². The van der Waals surface area contributed by atoms with Gasteiger partial charge in [-0.15, -0.1) is 0 Å². The van der Waals surface area contributed by atoms with Crippen molar-refractivity contribution >= 4 is 34.8 Å². The van der Waals surface area contributed by atoms with Gasteiger partial charge >= 0.3 is 0 Å². The van der Waals surface area contributed by atoms with Crippen molar-refractivity contribution in [3.05, 3.63) is 88.5 Å². The van der Waals surface area contributed by atoms with Crippen LogP contribution in [0.5, 0.6) is 0 Å². The first-order chi connectivity index (χ1) is 12.9. The van der Waals surface area contributed by atoms with Gasteiger partial charge in [0.1, 0.15) is 11.5 Å². The minimum absolute atomic E-state index is 0.0693. The van der Waals surface area contributed by atoms with Gasteiger partial charge in [0.2, 0.25) is 0 Å². The number of carbonyl (C=O) groups excluding carboxylic acids is 2. The van der Waals surface area contributed by atoms with Crippen LogP contribution in [0.2, 0.25) is 5.02 Å². The summed E-state index contributed by atoms with van der Waals surface area (Å²) in [5.41, 5.74) is 2.22. The average Bonchev–Trinajstić information content (AvgIpc) is 2.66. The third-order valence-corrected chi connectivity index (χ3v) is 4.03. The Morgan fingerprint density at radius 2 is 1.70 bits per heavy atom. The highest BCUT2D eigenvalue weighted by Gasteiger charge is 2.13. The number of benzene rings is 2. The van der Waals surface area contributed by atoms with Gasteiger partial charge in [0.05, 0.1) is 0 Å². The number of aryl methyl sites for hydroxylation is 1. The molecule has 2 amide bonds. The number of hydrogen-bond donors (Lipinski definition) is 2. The monoisotopic (exact) mass is 383 g/mol. The van der Waals surface area contributed by atoms with Gasteiger partial charge in [-0.25, -0.2) is 4.39 Å². The highest BCUT2D eigenvalue weighted by Crippen LogP contribution is 2.20. The molecule has 0 bridgehead atoms. The van der Waals surface area contributed by atoms with Crippen molar-refractivity contribution in [2.24, 2.45) is 0 Å². The van der Waals surface area contributed by atoms with Crippen LogP contribution in [0.1, 0.15) is 26.4 Å². The molecule has 27 heavy (non-hydrogen) atoms. The lowest BCUT2D eigenvalue weighted by Crippen LogP contribution is -2.17. The van der Waals surface area contributed by atoms with Gasteiger partial charge in [-0.1, -0.05) is 11.6 Å². The van der Waals surface area contributed by atoms with Crippen LogP contribution in [0.25, 0.3) is 0 Å². The zero-order chi connectivity index (χ0) is 19.4. The Labute approximate surface area is 160 Å². The van der Waals surface area contributed by atoms with E-state index in [2.05, 4.69) is 15.6 Å². The molecule has 1 aromatic heterocycles. The van der Waals surface area contributed by atoms with Gasteiger partial charge in [0.25, 0.3) is 11.8 Å². The molecule has 0 unspecified atom stereocenters. The van der Waals surface area contributed by atoms with Crippen molar-refractivity contribution in [3.8, 4) is 0 Å². The number of carbonyl (C=O) groups is 2. The van der Waals surface area contributed by atoms with E-state index in [0.717, 1.165) is 5.56 Å². The maximum Gasteiger partial charge on any atom is 0.274 e. The van der Waals surface area contributed by atoms with Crippen LogP contribution in [0.4, 0.5) is 15.8 Å². The molecule has 3 rings (SSSR count). The molecule has 0 aliphatic carbocycles. The Bertz CT molecular complexity index is 1010. The number of aromatic nitrogens is 1. The lowest BCUT2D eigenvalue weighted by Gasteiger charge is -2.10. The summed E-state index contributed by atoms with van der Waals surface area (Å²) in [7, 11) is 0. The average molecular weight is 384 g/mol. The normalized spacial score (nSPS) is 10.3. The van der Waals surface area contributed by atoms with Crippen LogP contribution in [0.3, 0.4) is 0 Å². The molecule has 0 aliphatic heterocycles. The van der Waals surface area contributed by atoms with Crippen LogP contribution in [0, 0.1) is 12.7 Å². The van der Waals surface area contributed by atoms with E-state index in [4.69, 9.17) is 11.6 Å². The molecule has 0 fully saturated rings. The summed E-state index contributed by atoms with van der Waals surface area (Å²) in [5, 5.41) is 5.96. The number of halogens is 2. The third-order valence-electron chi connectivity index (χ3n) is 3.79. The van der Waals surface area contributed by atoms with Crippen LogP contribution in [0.15, 0.2) is 60.8 Å². The fraction of sp³-hybridized carbons (Fsp3) is 0.0500. The first-order valence-corrected chi connectivity index (χ1v) is 8.40. The van der Waals surface area contributed by atoms with E-state index in [-0.39, 0.29) is 17.2 Å². The number of anilines is 2. The highest BCUT2D eigenvalue weighted by atomic mass is 35.5. The fourth-order valence-corrected chi connectivity index (χ4v) is 2.61. The molecule has 0 aliphatic rings. The molecule has 0 saturated heterocycles. The van der Waals surface area contributed by atoms with E-state index in [0.29, 0.717) is 16.4 Å². The smallest absolute Gasteiger partial charge is 0.274 e. The van der Waals surface area contributed by atoms with E-state index in [1.165, 1.54) is 42.6 Å². The van der Waals surface area contributed by atoms with Crippen molar-refractivity contribution in [2.75, 3.05) is 10.6 Å². The molecule has 5 nitrogen and oxygen atoms in total. The molecule has 2 aromatic carbocycles. The molecule has 1 heterocycles. The largest absolute Gasteiger partial charge is 0.322 e. The van der Waals surface area contributed by atoms with Gasteiger partial charge in [-0.05, 0) is 67.1 Å². The first-order valence-electron chi connectivity index (χ1n) is 8.03. The van der Waals surface area contributed by atoms with Crippen LogP contribution < -0.4 is 10.6 Å². The second kappa shape index (κ2) is 7.97. The van der Waals surface area contributed by atoms with Crippen molar-refractivity contribution in [1.82, 2.24) is 4.98 Å². The number of pyridine rings is 1. The number of amides is 2. The van der Waals surface area contributed by atoms with E-state index in [1.54, 1.807) is 18.2 Å². The van der Waals surface area contributed by atoms with Crippen molar-refractivity contribution < 1.29 is 14.0 Å². The molecule has 136 valence electrons. The summed E-state index contributed by atoms with van der Waals surface area (Å²) in [5.74, 6) is -1.28. The third kappa shape index (κ3) is 4.68. The maximum atomic E-state index is 12.9. The van der Waals surface area contributed by atoms with Crippen molar-refractivity contribution in [3.63, 3.8) is 0 Å². The maximum absolute atomic E-state index is 12.9. The minimum Gasteiger partial charge on any atom is -0.322 e. The number of hydrogen-bond acceptors (Lipinski definition) is 3. The summed E-state index contributed by atoms with van der Waals surface area (Å²) in [4.78, 5) is 28.8. The molecule has 0 spiro atoms. The summed E-state index contributed by atoms with van der Waals surface area (Å²) >= 11 is 5.92. The van der Waals surface area contributed by atoms with E-state index < -0.39 is 11.7 Å². The Balaban J connectivity index is 1.75. The summed E-state index contributed by atoms with van der Waals surface area (Å²) in [6, 6.07) is 13.4. The molecule has 0 saturated carbocycles. The zero-order valence-corrected chi connectivity index (χ0v) is 15.0. The lowest BCUT2D eigenvalue weighted by molar-refractivity contribution is 0.102. The van der Waals surface area contributed by atoms with E-state index >= 15 is 0 Å². The zero-order valence-electron chi connectivity index (χ0n) is 14.3. The molecular formula is C20H15ClFN3O2. The Kier molecular flexibility index (Phi) is 5.47. The topological polar surface area (TPSA) is 71.1 Å². The quantitative estimate of drug-likeness (QED) is 0.686. The molecular weight excluding hydrogens is 369 g/mol. The Hall–Kier alpha value is -3.25. The summed E-state index contributed by atoms with van der Waals surface area (Å²) in [6.07, 6.45) is 1.38. The summed E-state index contributed by atoms with van der Waals surface area (Å²) < 4.78 is 12.9. The first kappa shape index (κ1) is 18.5. The second-order valence-electron chi connectivity index (χ2n) is 5.80. The van der Waals surface area contributed by atoms with Gasteiger partial charge in [0.15, 0.2) is 0 Å². The Morgan fingerprint density at radius 3 is 2.41 bits per heavy atom. The molecule has 3 aromatic rings. The van der Waals surface area contributed by atoms with Crippen molar-refractivity contribution in [2.45, 2.75) is 6.92 Å². The van der Waals surface area contributed by atoms with E-state index in [1.807, 2.05) is 6.92 Å². The van der Waals surface area contributed by atoms with E-state index in [9.17, 15) is 14.0 Å². The number of nitrogens with zero attached hydrogens (tertiary/aromatic N) is 1. The second-order valence-corrected chi connectivity index (χ2v) is 6.24. The van der Waals surface area contributed by atoms with Crippen LogP contribution >= 0.6 is 11.6 Å². The van der Waals surface area contributed by atoms with Gasteiger partial charge in [-0.3, -0.25) is 14.6 Å². The molecule has 2 N–H and O–H groups in total. The molecule has 0 radical (unpaired) electrons. The standard InChI is InChI=1S/C20H15ClFN3O2/c1-12-10-14(21)2-7-17(12)25-19(26)13-8-9-23-18(11-13)20(27)24-16-5-3-15(22)4-6-16/h2-11H,1H3,(H,24,27)(H,25,26). The van der Waals surface area contributed by atoms with Crippen LogP contribution in [-0.2, 0) is 0 Å². The SMILES string of the molecule is Cc1cc(Cl)ccc1NC(=O)c1ccnc(C(=O)Nc2ccc(F)cc2)c1. The number of nitrogens with one attached hydrogen (secondary N) is 2. The molecule has 0 atom stereocenters. The minimum atomic E-state index is -0.501. The fourth-order valence-electron chi connectivity index (χ4n) is 2.39. The van der Waals surface area contributed by atoms with Gasteiger partial charge < -0.3 is 10.6 Å². The predicted molar refractivity (Wildman–Crippen MR) is 103 cm³/mol.